The van der Waals surface area contributed by atoms with Crippen LogP contribution in [0.5, 0.6) is 0 Å². The first-order valence-corrected chi connectivity index (χ1v) is 9.55. The Hall–Kier alpha value is -1.43. The standard InChI is InChI=1S/C20H22S2/c1-2-3-4-5-6-8-14-20(17-19-15-11-16-21-19)22-18-12-9-7-10-13-18/h7,9-13,15-17H,2-6H2,1H3/b20-17-. The molecule has 0 aliphatic carbocycles. The van der Waals surface area contributed by atoms with E-state index < -0.39 is 0 Å². The van der Waals surface area contributed by atoms with Crippen LogP contribution >= 0.6 is 23.1 Å². The molecule has 2 rings (SSSR count). The second kappa shape index (κ2) is 10.3. The summed E-state index contributed by atoms with van der Waals surface area (Å²) in [5, 5.41) is 2.11. The number of rotatable bonds is 7. The summed E-state index contributed by atoms with van der Waals surface area (Å²) in [6.07, 6.45) is 8.29. The molecule has 0 N–H and O–H groups in total. The van der Waals surface area contributed by atoms with Gasteiger partial charge in [0.2, 0.25) is 0 Å². The first kappa shape index (κ1) is 16.9. The average molecular weight is 327 g/mol. The highest BCUT2D eigenvalue weighted by molar-refractivity contribution is 8.03. The monoisotopic (exact) mass is 326 g/mol. The highest BCUT2D eigenvalue weighted by Crippen LogP contribution is 2.28. The van der Waals surface area contributed by atoms with Crippen LogP contribution in [0.4, 0.5) is 0 Å². The van der Waals surface area contributed by atoms with Gasteiger partial charge >= 0.3 is 0 Å². The molecular formula is C20H22S2. The zero-order valence-electron chi connectivity index (χ0n) is 13.0. The van der Waals surface area contributed by atoms with Crippen LogP contribution in [-0.4, -0.2) is 0 Å². The number of unbranched alkanes of at least 4 members (excludes halogenated alkanes) is 4. The van der Waals surface area contributed by atoms with Crippen molar-refractivity contribution in [3.8, 4) is 11.8 Å². The number of benzene rings is 1. The molecule has 2 aromatic rings. The van der Waals surface area contributed by atoms with Crippen LogP contribution in [0.1, 0.15) is 43.9 Å². The molecule has 0 nitrogen and oxygen atoms in total. The molecule has 0 spiro atoms. The molecule has 0 aliphatic rings. The summed E-state index contributed by atoms with van der Waals surface area (Å²) in [4.78, 5) is 3.63. The fourth-order valence-corrected chi connectivity index (χ4v) is 3.59. The second-order valence-corrected chi connectivity index (χ2v) is 7.15. The Labute approximate surface area is 142 Å². The third kappa shape index (κ3) is 6.56. The molecule has 1 aromatic carbocycles. The summed E-state index contributed by atoms with van der Waals surface area (Å²) in [5.41, 5.74) is 0. The van der Waals surface area contributed by atoms with Crippen LogP contribution in [0.3, 0.4) is 0 Å². The van der Waals surface area contributed by atoms with Crippen LogP contribution in [0.25, 0.3) is 6.08 Å². The summed E-state index contributed by atoms with van der Waals surface area (Å²) >= 11 is 3.50. The van der Waals surface area contributed by atoms with Crippen molar-refractivity contribution in [3.05, 3.63) is 57.6 Å². The van der Waals surface area contributed by atoms with Crippen molar-refractivity contribution < 1.29 is 0 Å². The third-order valence-electron chi connectivity index (χ3n) is 3.15. The van der Waals surface area contributed by atoms with Crippen molar-refractivity contribution in [1.82, 2.24) is 0 Å². The van der Waals surface area contributed by atoms with E-state index in [2.05, 4.69) is 66.6 Å². The lowest BCUT2D eigenvalue weighted by molar-refractivity contribution is 0.679. The van der Waals surface area contributed by atoms with Gasteiger partial charge in [0.05, 0.1) is 4.91 Å². The van der Waals surface area contributed by atoms with Gasteiger partial charge in [-0.15, -0.1) is 11.3 Å². The van der Waals surface area contributed by atoms with E-state index >= 15 is 0 Å². The van der Waals surface area contributed by atoms with Gasteiger partial charge in [0.25, 0.3) is 0 Å². The number of hydrogen-bond acceptors (Lipinski definition) is 2. The van der Waals surface area contributed by atoms with E-state index in [1.807, 2.05) is 6.07 Å². The average Bonchev–Trinajstić information content (AvgIpc) is 3.04. The zero-order valence-corrected chi connectivity index (χ0v) is 14.7. The highest BCUT2D eigenvalue weighted by Gasteiger charge is 1.99. The van der Waals surface area contributed by atoms with Crippen LogP contribution in [-0.2, 0) is 0 Å². The molecule has 0 unspecified atom stereocenters. The van der Waals surface area contributed by atoms with Crippen LogP contribution in [0.2, 0.25) is 0 Å². The van der Waals surface area contributed by atoms with Gasteiger partial charge in [0.1, 0.15) is 0 Å². The number of thiophene rings is 1. The lowest BCUT2D eigenvalue weighted by Gasteiger charge is -2.00. The van der Waals surface area contributed by atoms with E-state index in [9.17, 15) is 0 Å². The Bertz CT molecular complexity index is 613. The number of allylic oxidation sites excluding steroid dienone is 1. The van der Waals surface area contributed by atoms with Crippen molar-refractivity contribution in [2.24, 2.45) is 0 Å². The smallest absolute Gasteiger partial charge is 0.0635 e. The molecule has 0 amide bonds. The van der Waals surface area contributed by atoms with Gasteiger partial charge in [0, 0.05) is 16.2 Å². The van der Waals surface area contributed by atoms with E-state index in [1.165, 1.54) is 35.5 Å². The summed E-state index contributed by atoms with van der Waals surface area (Å²) in [6, 6.07) is 14.7. The molecule has 0 fully saturated rings. The molecule has 1 aromatic heterocycles. The predicted octanol–water partition coefficient (Wildman–Crippen LogP) is 6.86. The summed E-state index contributed by atoms with van der Waals surface area (Å²) in [6.45, 7) is 2.24. The number of hydrogen-bond donors (Lipinski definition) is 0. The van der Waals surface area contributed by atoms with Gasteiger partial charge in [-0.25, -0.2) is 0 Å². The Morgan fingerprint density at radius 3 is 2.68 bits per heavy atom. The lowest BCUT2D eigenvalue weighted by atomic mass is 10.2. The Morgan fingerprint density at radius 1 is 1.09 bits per heavy atom. The molecular weight excluding hydrogens is 304 g/mol. The minimum atomic E-state index is 0.997. The van der Waals surface area contributed by atoms with E-state index in [0.29, 0.717) is 0 Å². The van der Waals surface area contributed by atoms with Crippen LogP contribution in [0, 0.1) is 11.8 Å². The third-order valence-corrected chi connectivity index (χ3v) is 4.92. The second-order valence-electron chi connectivity index (χ2n) is 5.05. The minimum Gasteiger partial charge on any atom is -0.144 e. The molecule has 0 atom stereocenters. The SMILES string of the molecule is CCCCCCC#C/C(=C/c1cccs1)Sc1ccccc1. The molecule has 0 saturated heterocycles. The zero-order chi connectivity index (χ0) is 15.5. The Kier molecular flexibility index (Phi) is 7.94. The predicted molar refractivity (Wildman–Crippen MR) is 101 cm³/mol. The Balaban J connectivity index is 2.01. The quantitative estimate of drug-likeness (QED) is 0.304. The summed E-state index contributed by atoms with van der Waals surface area (Å²) < 4.78 is 0. The molecule has 0 aliphatic heterocycles. The van der Waals surface area contributed by atoms with Gasteiger partial charge in [-0.1, -0.05) is 74.1 Å². The van der Waals surface area contributed by atoms with Gasteiger partial charge < -0.3 is 0 Å². The van der Waals surface area contributed by atoms with E-state index in [4.69, 9.17) is 0 Å². The molecule has 0 bridgehead atoms. The van der Waals surface area contributed by atoms with Crippen LogP contribution in [0.15, 0.2) is 57.6 Å². The van der Waals surface area contributed by atoms with E-state index in [1.54, 1.807) is 23.1 Å². The maximum absolute atomic E-state index is 3.36. The largest absolute Gasteiger partial charge is 0.144 e. The molecule has 1 heterocycles. The van der Waals surface area contributed by atoms with Crippen molar-refractivity contribution >= 4 is 29.2 Å². The van der Waals surface area contributed by atoms with Gasteiger partial charge in [-0.2, -0.15) is 0 Å². The Morgan fingerprint density at radius 2 is 1.95 bits per heavy atom. The van der Waals surface area contributed by atoms with Crippen molar-refractivity contribution in [3.63, 3.8) is 0 Å². The van der Waals surface area contributed by atoms with E-state index in [-0.39, 0.29) is 0 Å². The minimum absolute atomic E-state index is 0.997. The molecule has 0 radical (unpaired) electrons. The van der Waals surface area contributed by atoms with Crippen molar-refractivity contribution in [2.45, 2.75) is 43.9 Å². The molecule has 2 heteroatoms. The lowest BCUT2D eigenvalue weighted by Crippen LogP contribution is -1.77. The van der Waals surface area contributed by atoms with Gasteiger partial charge in [0.15, 0.2) is 0 Å². The van der Waals surface area contributed by atoms with E-state index in [0.717, 1.165) is 11.3 Å². The molecule has 0 saturated carbocycles. The summed E-state index contributed by atoms with van der Waals surface area (Å²) in [5.74, 6) is 6.71. The fraction of sp³-hybridized carbons (Fsp3) is 0.300. The van der Waals surface area contributed by atoms with Crippen molar-refractivity contribution in [1.29, 1.82) is 0 Å². The van der Waals surface area contributed by atoms with Crippen LogP contribution < -0.4 is 0 Å². The van der Waals surface area contributed by atoms with Gasteiger partial charge in [-0.3, -0.25) is 0 Å². The molecule has 114 valence electrons. The fourth-order valence-electron chi connectivity index (χ4n) is 2.00. The van der Waals surface area contributed by atoms with Gasteiger partial charge in [-0.05, 0) is 36.1 Å². The maximum Gasteiger partial charge on any atom is 0.0635 e. The summed E-state index contributed by atoms with van der Waals surface area (Å²) in [7, 11) is 0. The first-order chi connectivity index (χ1) is 10.9. The number of thioether (sulfide) groups is 1. The molecule has 22 heavy (non-hydrogen) atoms. The van der Waals surface area contributed by atoms with Crippen molar-refractivity contribution in [2.75, 3.05) is 0 Å². The maximum atomic E-state index is 3.36. The topological polar surface area (TPSA) is 0 Å². The first-order valence-electron chi connectivity index (χ1n) is 7.85. The normalized spacial score (nSPS) is 11.0. The highest BCUT2D eigenvalue weighted by atomic mass is 32.2.